The van der Waals surface area contributed by atoms with Crippen molar-refractivity contribution in [3.63, 3.8) is 0 Å². The highest BCUT2D eigenvalue weighted by Gasteiger charge is 2.33. The molecule has 1 aliphatic heterocycles. The number of ether oxygens (including phenoxy) is 3. The van der Waals surface area contributed by atoms with Gasteiger partial charge in [-0.1, -0.05) is 0 Å². The minimum Gasteiger partial charge on any atom is -0.491 e. The standard InChI is InChI=1S/C13H15NO7.C8H8F3N/c1-19-11-9(13(18)20-2)14(5-7(6-15)10(11)16)8-3-4-21-12(8)17;1-12-4-6-7(10)2-5(9)3-8(6)11/h5-6,8,12,17H,3-4H2,1-2H3;2-3,12H,4H2,1H3. The molecule has 9 nitrogen and oxygen atoms in total. The van der Waals surface area contributed by atoms with Crippen molar-refractivity contribution in [1.82, 2.24) is 9.88 Å². The van der Waals surface area contributed by atoms with Crippen LogP contribution < -0.4 is 15.5 Å². The zero-order valence-corrected chi connectivity index (χ0v) is 18.1. The summed E-state index contributed by atoms with van der Waals surface area (Å²) in [5.74, 6) is -3.72. The molecule has 1 saturated heterocycles. The van der Waals surface area contributed by atoms with Crippen LogP contribution in [-0.2, 0) is 16.0 Å². The lowest BCUT2D eigenvalue weighted by Crippen LogP contribution is -2.29. The fourth-order valence-electron chi connectivity index (χ4n) is 3.22. The number of hydrogen-bond donors (Lipinski definition) is 2. The smallest absolute Gasteiger partial charge is 0.358 e. The number of aliphatic hydroxyl groups excluding tert-OH is 1. The summed E-state index contributed by atoms with van der Waals surface area (Å²) in [6, 6.07) is 0.707. The zero-order chi connectivity index (χ0) is 24.7. The van der Waals surface area contributed by atoms with Crippen LogP contribution in [0.4, 0.5) is 13.2 Å². The van der Waals surface area contributed by atoms with Crippen LogP contribution in [0.3, 0.4) is 0 Å². The average Bonchev–Trinajstić information content (AvgIpc) is 3.21. The Kier molecular flexibility index (Phi) is 9.14. The number of hydrogen-bond acceptors (Lipinski definition) is 8. The molecule has 1 aromatic heterocycles. The molecule has 1 aliphatic rings. The van der Waals surface area contributed by atoms with E-state index >= 15 is 0 Å². The van der Waals surface area contributed by atoms with Crippen LogP contribution in [0, 0.1) is 17.5 Å². The van der Waals surface area contributed by atoms with Crippen molar-refractivity contribution in [1.29, 1.82) is 0 Å². The summed E-state index contributed by atoms with van der Waals surface area (Å²) in [5, 5.41) is 12.4. The van der Waals surface area contributed by atoms with E-state index < -0.39 is 41.2 Å². The Morgan fingerprint density at radius 1 is 1.30 bits per heavy atom. The minimum atomic E-state index is -1.15. The highest BCUT2D eigenvalue weighted by atomic mass is 19.1. The van der Waals surface area contributed by atoms with E-state index in [1.165, 1.54) is 17.9 Å². The van der Waals surface area contributed by atoms with E-state index in [9.17, 15) is 32.7 Å². The van der Waals surface area contributed by atoms with Gasteiger partial charge < -0.3 is 29.2 Å². The fourth-order valence-corrected chi connectivity index (χ4v) is 3.22. The normalized spacial score (nSPS) is 17.2. The van der Waals surface area contributed by atoms with Gasteiger partial charge in [0.2, 0.25) is 5.43 Å². The van der Waals surface area contributed by atoms with Gasteiger partial charge in [0.15, 0.2) is 24.0 Å². The Bertz CT molecular complexity index is 1050. The van der Waals surface area contributed by atoms with Gasteiger partial charge in [0.1, 0.15) is 17.5 Å². The second kappa shape index (κ2) is 11.6. The summed E-state index contributed by atoms with van der Waals surface area (Å²) in [6.07, 6.45) is 0.826. The van der Waals surface area contributed by atoms with Gasteiger partial charge in [-0.25, -0.2) is 18.0 Å². The zero-order valence-electron chi connectivity index (χ0n) is 18.1. The second-order valence-electron chi connectivity index (χ2n) is 6.81. The Balaban J connectivity index is 0.000000273. The maximum atomic E-state index is 12.8. The van der Waals surface area contributed by atoms with Crippen molar-refractivity contribution in [2.75, 3.05) is 27.9 Å². The predicted octanol–water partition coefficient (Wildman–Crippen LogP) is 1.56. The molecule has 2 aromatic rings. The summed E-state index contributed by atoms with van der Waals surface area (Å²) < 4.78 is 53.9. The molecule has 1 aromatic carbocycles. The number of halogens is 3. The van der Waals surface area contributed by atoms with Gasteiger partial charge in [-0.05, 0) is 13.5 Å². The lowest BCUT2D eigenvalue weighted by atomic mass is 10.1. The van der Waals surface area contributed by atoms with Gasteiger partial charge >= 0.3 is 5.97 Å². The molecule has 12 heteroatoms. The van der Waals surface area contributed by atoms with Gasteiger partial charge in [0.25, 0.3) is 0 Å². The van der Waals surface area contributed by atoms with Crippen LogP contribution in [0.1, 0.15) is 38.9 Å². The number of esters is 1. The highest BCUT2D eigenvalue weighted by Crippen LogP contribution is 2.29. The van der Waals surface area contributed by atoms with Gasteiger partial charge in [-0.15, -0.1) is 0 Å². The molecule has 2 N–H and O–H groups in total. The minimum absolute atomic E-state index is 0.0535. The van der Waals surface area contributed by atoms with Gasteiger partial charge in [-0.2, -0.15) is 0 Å². The maximum Gasteiger partial charge on any atom is 0.358 e. The number of rotatable bonds is 6. The first-order valence-corrected chi connectivity index (χ1v) is 9.64. The Hall–Kier alpha value is -3.22. The molecular formula is C21H23F3N2O7. The quantitative estimate of drug-likeness (QED) is 0.481. The topological polar surface area (TPSA) is 116 Å². The number of nitrogens with zero attached hydrogens (tertiary/aromatic N) is 1. The van der Waals surface area contributed by atoms with Crippen LogP contribution in [0.25, 0.3) is 0 Å². The SMILES string of the molecule is CNCc1c(F)cc(F)cc1F.COC(=O)c1c(OC)c(=O)c(C=O)cn1C1CCOC1O. The van der Waals surface area contributed by atoms with E-state index in [2.05, 4.69) is 10.1 Å². The molecule has 180 valence electrons. The Labute approximate surface area is 186 Å². The largest absolute Gasteiger partial charge is 0.491 e. The molecule has 0 bridgehead atoms. The number of pyridine rings is 1. The molecule has 0 saturated carbocycles. The van der Waals surface area contributed by atoms with Crippen molar-refractivity contribution < 1.29 is 42.1 Å². The summed E-state index contributed by atoms with van der Waals surface area (Å²) >= 11 is 0. The lowest BCUT2D eigenvalue weighted by Gasteiger charge is -2.22. The van der Waals surface area contributed by atoms with Crippen LogP contribution in [-0.4, -0.2) is 56.1 Å². The third-order valence-corrected chi connectivity index (χ3v) is 4.78. The Morgan fingerprint density at radius 2 is 1.94 bits per heavy atom. The second-order valence-corrected chi connectivity index (χ2v) is 6.81. The number of benzene rings is 1. The van der Waals surface area contributed by atoms with Gasteiger partial charge in [0.05, 0.1) is 32.4 Å². The van der Waals surface area contributed by atoms with Crippen LogP contribution in [0.5, 0.6) is 5.75 Å². The van der Waals surface area contributed by atoms with Crippen molar-refractivity contribution in [2.24, 2.45) is 0 Å². The molecule has 3 rings (SSSR count). The van der Waals surface area contributed by atoms with Crippen molar-refractivity contribution in [2.45, 2.75) is 25.3 Å². The van der Waals surface area contributed by atoms with Crippen molar-refractivity contribution in [3.8, 4) is 5.75 Å². The van der Waals surface area contributed by atoms with Crippen molar-refractivity contribution in [3.05, 3.63) is 62.8 Å². The first-order chi connectivity index (χ1) is 15.7. The van der Waals surface area contributed by atoms with E-state index in [4.69, 9.17) is 9.47 Å². The van der Waals surface area contributed by atoms with E-state index in [1.807, 2.05) is 0 Å². The molecule has 0 radical (unpaired) electrons. The molecule has 33 heavy (non-hydrogen) atoms. The van der Waals surface area contributed by atoms with Crippen molar-refractivity contribution >= 4 is 12.3 Å². The van der Waals surface area contributed by atoms with E-state index in [1.54, 1.807) is 7.05 Å². The molecule has 0 spiro atoms. The van der Waals surface area contributed by atoms with Gasteiger partial charge in [-0.3, -0.25) is 9.59 Å². The third-order valence-electron chi connectivity index (χ3n) is 4.78. The molecule has 0 aliphatic carbocycles. The molecule has 2 heterocycles. The number of aromatic nitrogens is 1. The molecule has 2 atom stereocenters. The first kappa shape index (κ1) is 26.0. The number of aliphatic hydroxyl groups is 1. The highest BCUT2D eigenvalue weighted by molar-refractivity contribution is 5.91. The summed E-state index contributed by atoms with van der Waals surface area (Å²) in [5.41, 5.74) is -1.19. The third kappa shape index (κ3) is 5.78. The fraction of sp³-hybridized carbons (Fsp3) is 0.381. The van der Waals surface area contributed by atoms with E-state index in [-0.39, 0.29) is 35.7 Å². The summed E-state index contributed by atoms with van der Waals surface area (Å²) in [6.45, 7) is 0.343. The first-order valence-electron chi connectivity index (χ1n) is 9.64. The average molecular weight is 472 g/mol. The number of aldehydes is 1. The van der Waals surface area contributed by atoms with Gasteiger partial charge in [0, 0.05) is 30.4 Å². The van der Waals surface area contributed by atoms with Crippen LogP contribution >= 0.6 is 0 Å². The predicted molar refractivity (Wildman–Crippen MR) is 109 cm³/mol. The molecule has 2 unspecified atom stereocenters. The molecule has 0 amide bonds. The molecular weight excluding hydrogens is 449 g/mol. The van der Waals surface area contributed by atoms with Crippen LogP contribution in [0.2, 0.25) is 0 Å². The Morgan fingerprint density at radius 3 is 2.39 bits per heavy atom. The number of carbonyl (C=O) groups excluding carboxylic acids is 2. The summed E-state index contributed by atoms with van der Waals surface area (Å²) in [7, 11) is 3.93. The van der Waals surface area contributed by atoms with E-state index in [0.29, 0.717) is 24.8 Å². The number of methoxy groups -OCH3 is 2. The maximum absolute atomic E-state index is 12.8. The lowest BCUT2D eigenvalue weighted by molar-refractivity contribution is -0.0789. The molecule has 1 fully saturated rings. The van der Waals surface area contributed by atoms with E-state index in [0.717, 1.165) is 7.11 Å². The number of nitrogens with one attached hydrogen (secondary N) is 1. The van der Waals surface area contributed by atoms with Crippen LogP contribution in [0.15, 0.2) is 23.1 Å². The monoisotopic (exact) mass is 472 g/mol. The number of carbonyl (C=O) groups is 2. The summed E-state index contributed by atoms with van der Waals surface area (Å²) in [4.78, 5) is 35.0.